The highest BCUT2D eigenvalue weighted by Gasteiger charge is 2.18. The fourth-order valence-corrected chi connectivity index (χ4v) is 2.32. The molecule has 2 rings (SSSR count). The minimum Gasteiger partial charge on any atom is -0.318 e. The number of aryl methyl sites for hydroxylation is 3. The van der Waals surface area contributed by atoms with Crippen LogP contribution < -0.4 is 5.73 Å². The number of hydrogen-bond acceptors (Lipinski definition) is 3. The summed E-state index contributed by atoms with van der Waals surface area (Å²) in [4.78, 5) is 0. The van der Waals surface area contributed by atoms with Crippen molar-refractivity contribution in [2.24, 2.45) is 5.73 Å². The molecular formula is C14H23N5. The summed E-state index contributed by atoms with van der Waals surface area (Å²) in [6.45, 7) is 8.08. The molecule has 0 aliphatic heterocycles. The van der Waals surface area contributed by atoms with Gasteiger partial charge in [-0.2, -0.15) is 10.2 Å². The van der Waals surface area contributed by atoms with Gasteiger partial charge in [0.2, 0.25) is 0 Å². The van der Waals surface area contributed by atoms with Crippen molar-refractivity contribution < 1.29 is 0 Å². The molecule has 2 aromatic heterocycles. The maximum absolute atomic E-state index is 6.41. The number of nitrogens with two attached hydrogens (primary N) is 1. The van der Waals surface area contributed by atoms with Crippen molar-refractivity contribution in [3.63, 3.8) is 0 Å². The summed E-state index contributed by atoms with van der Waals surface area (Å²) in [6.07, 6.45) is 3.80. The number of rotatable bonds is 6. The summed E-state index contributed by atoms with van der Waals surface area (Å²) >= 11 is 0. The Bertz CT molecular complexity index is 526. The summed E-state index contributed by atoms with van der Waals surface area (Å²) < 4.78 is 3.98. The minimum atomic E-state index is -0.165. The minimum absolute atomic E-state index is 0.165. The third-order valence-corrected chi connectivity index (χ3v) is 3.35. The van der Waals surface area contributed by atoms with E-state index in [1.807, 2.05) is 21.6 Å². The summed E-state index contributed by atoms with van der Waals surface area (Å²) in [5.74, 6) is 0. The smallest absolute Gasteiger partial charge is 0.0893 e. The van der Waals surface area contributed by atoms with Gasteiger partial charge >= 0.3 is 0 Å². The van der Waals surface area contributed by atoms with Crippen LogP contribution in [0.1, 0.15) is 50.3 Å². The Labute approximate surface area is 114 Å². The van der Waals surface area contributed by atoms with Gasteiger partial charge in [-0.3, -0.25) is 9.36 Å². The topological polar surface area (TPSA) is 61.7 Å². The van der Waals surface area contributed by atoms with Crippen molar-refractivity contribution >= 4 is 0 Å². The van der Waals surface area contributed by atoms with E-state index in [0.717, 1.165) is 43.0 Å². The van der Waals surface area contributed by atoms with Gasteiger partial charge in [0.1, 0.15) is 0 Å². The molecule has 2 N–H and O–H groups in total. The van der Waals surface area contributed by atoms with E-state index < -0.39 is 0 Å². The van der Waals surface area contributed by atoms with E-state index in [4.69, 9.17) is 5.73 Å². The lowest BCUT2D eigenvalue weighted by Gasteiger charge is -2.15. The van der Waals surface area contributed by atoms with E-state index in [9.17, 15) is 0 Å². The lowest BCUT2D eigenvalue weighted by molar-refractivity contribution is 0.535. The Morgan fingerprint density at radius 2 is 2.00 bits per heavy atom. The van der Waals surface area contributed by atoms with Gasteiger partial charge in [-0.1, -0.05) is 13.8 Å². The van der Waals surface area contributed by atoms with Crippen molar-refractivity contribution in [1.29, 1.82) is 0 Å². The van der Waals surface area contributed by atoms with Gasteiger partial charge in [-0.25, -0.2) is 0 Å². The molecule has 0 fully saturated rings. The first kappa shape index (κ1) is 13.8. The van der Waals surface area contributed by atoms with Crippen LogP contribution >= 0.6 is 0 Å². The van der Waals surface area contributed by atoms with Crippen LogP contribution in [0.25, 0.3) is 0 Å². The van der Waals surface area contributed by atoms with Crippen LogP contribution in [0.4, 0.5) is 0 Å². The molecular weight excluding hydrogens is 238 g/mol. The van der Waals surface area contributed by atoms with Gasteiger partial charge < -0.3 is 5.73 Å². The fourth-order valence-electron chi connectivity index (χ4n) is 2.32. The molecule has 5 nitrogen and oxygen atoms in total. The molecule has 0 radical (unpaired) electrons. The second kappa shape index (κ2) is 6.02. The Hall–Kier alpha value is -1.62. The molecule has 0 aromatic carbocycles. The van der Waals surface area contributed by atoms with E-state index in [1.165, 1.54) is 0 Å². The normalized spacial score (nSPS) is 12.8. The SMILES string of the molecule is CCCn1nccc1C(N)c1cc(CC)nn1CC. The average Bonchev–Trinajstić information content (AvgIpc) is 3.04. The Balaban J connectivity index is 2.34. The summed E-state index contributed by atoms with van der Waals surface area (Å²) in [6, 6.07) is 3.94. The van der Waals surface area contributed by atoms with Crippen LogP contribution in [-0.4, -0.2) is 19.6 Å². The zero-order valence-electron chi connectivity index (χ0n) is 12.0. The Kier molecular flexibility index (Phi) is 4.37. The predicted molar refractivity (Wildman–Crippen MR) is 75.8 cm³/mol. The summed E-state index contributed by atoms with van der Waals surface area (Å²) in [7, 11) is 0. The predicted octanol–water partition coefficient (Wildman–Crippen LogP) is 2.12. The molecule has 0 saturated carbocycles. The molecule has 0 aliphatic carbocycles. The van der Waals surface area contributed by atoms with Gasteiger partial charge in [0.25, 0.3) is 0 Å². The van der Waals surface area contributed by atoms with E-state index in [0.29, 0.717) is 0 Å². The van der Waals surface area contributed by atoms with E-state index in [-0.39, 0.29) is 6.04 Å². The zero-order chi connectivity index (χ0) is 13.8. The van der Waals surface area contributed by atoms with Crippen LogP contribution in [0.2, 0.25) is 0 Å². The van der Waals surface area contributed by atoms with Crippen molar-refractivity contribution in [2.45, 2.75) is 52.7 Å². The van der Waals surface area contributed by atoms with E-state index in [1.54, 1.807) is 0 Å². The average molecular weight is 261 g/mol. The summed E-state index contributed by atoms with van der Waals surface area (Å²) in [5.41, 5.74) is 9.63. The van der Waals surface area contributed by atoms with Gasteiger partial charge in [0.15, 0.2) is 0 Å². The molecule has 0 aliphatic rings. The van der Waals surface area contributed by atoms with E-state index in [2.05, 4.69) is 37.0 Å². The number of hydrogen-bond donors (Lipinski definition) is 1. The highest BCUT2D eigenvalue weighted by atomic mass is 15.3. The molecule has 0 spiro atoms. The Morgan fingerprint density at radius 1 is 1.21 bits per heavy atom. The first-order chi connectivity index (χ1) is 9.21. The van der Waals surface area contributed by atoms with Gasteiger partial charge in [0.05, 0.1) is 23.1 Å². The standard InChI is InChI=1S/C14H23N5/c1-4-9-19-12(7-8-16-19)14(15)13-10-11(5-2)17-18(13)6-3/h7-8,10,14H,4-6,9,15H2,1-3H3. The molecule has 2 aromatic rings. The maximum Gasteiger partial charge on any atom is 0.0893 e. The van der Waals surface area contributed by atoms with Crippen LogP contribution in [-0.2, 0) is 19.5 Å². The second-order valence-electron chi connectivity index (χ2n) is 4.69. The summed E-state index contributed by atoms with van der Waals surface area (Å²) in [5, 5.41) is 8.90. The molecule has 5 heteroatoms. The molecule has 0 bridgehead atoms. The Morgan fingerprint density at radius 3 is 2.63 bits per heavy atom. The molecule has 19 heavy (non-hydrogen) atoms. The van der Waals surface area contributed by atoms with Crippen molar-refractivity contribution in [3.05, 3.63) is 35.4 Å². The first-order valence-corrected chi connectivity index (χ1v) is 7.05. The van der Waals surface area contributed by atoms with Crippen LogP contribution in [0.15, 0.2) is 18.3 Å². The quantitative estimate of drug-likeness (QED) is 0.866. The van der Waals surface area contributed by atoms with Crippen LogP contribution in [0.3, 0.4) is 0 Å². The maximum atomic E-state index is 6.41. The van der Waals surface area contributed by atoms with Gasteiger partial charge in [-0.05, 0) is 31.9 Å². The van der Waals surface area contributed by atoms with Crippen molar-refractivity contribution in [2.75, 3.05) is 0 Å². The van der Waals surface area contributed by atoms with Crippen LogP contribution in [0.5, 0.6) is 0 Å². The zero-order valence-corrected chi connectivity index (χ0v) is 12.0. The monoisotopic (exact) mass is 261 g/mol. The third kappa shape index (κ3) is 2.71. The first-order valence-electron chi connectivity index (χ1n) is 7.05. The molecule has 0 amide bonds. The number of aromatic nitrogens is 4. The van der Waals surface area contributed by atoms with Crippen molar-refractivity contribution in [1.82, 2.24) is 19.6 Å². The largest absolute Gasteiger partial charge is 0.318 e. The van der Waals surface area contributed by atoms with Gasteiger partial charge in [-0.15, -0.1) is 0 Å². The number of nitrogens with zero attached hydrogens (tertiary/aromatic N) is 4. The molecule has 104 valence electrons. The lowest BCUT2D eigenvalue weighted by Crippen LogP contribution is -2.21. The van der Waals surface area contributed by atoms with E-state index >= 15 is 0 Å². The highest BCUT2D eigenvalue weighted by Crippen LogP contribution is 2.21. The lowest BCUT2D eigenvalue weighted by atomic mass is 10.1. The highest BCUT2D eigenvalue weighted by molar-refractivity contribution is 5.23. The molecule has 1 unspecified atom stereocenters. The van der Waals surface area contributed by atoms with Crippen LogP contribution in [0, 0.1) is 0 Å². The molecule has 0 saturated heterocycles. The van der Waals surface area contributed by atoms with Crippen molar-refractivity contribution in [3.8, 4) is 0 Å². The second-order valence-corrected chi connectivity index (χ2v) is 4.69. The van der Waals surface area contributed by atoms with Gasteiger partial charge in [0, 0.05) is 19.3 Å². The third-order valence-electron chi connectivity index (χ3n) is 3.35. The fraction of sp³-hybridized carbons (Fsp3) is 0.571. The molecule has 1 atom stereocenters. The molecule has 2 heterocycles.